The molecule has 0 atom stereocenters. The highest BCUT2D eigenvalue weighted by molar-refractivity contribution is 5.94. The fraction of sp³-hybridized carbons (Fsp3) is 0.708. The topological polar surface area (TPSA) is 142 Å². The van der Waals surface area contributed by atoms with Crippen LogP contribution in [0, 0.1) is 0 Å². The number of hydrogen-bond acceptors (Lipinski definition) is 11. The number of carbonyl (C=O) groups excluding carboxylic acids is 1. The van der Waals surface area contributed by atoms with Crippen molar-refractivity contribution in [3.63, 3.8) is 0 Å². The number of aliphatic hydroxyl groups is 2. The first-order valence-corrected chi connectivity index (χ1v) is 11.7. The molecule has 0 saturated carbocycles. The van der Waals surface area contributed by atoms with Crippen molar-refractivity contribution in [3.05, 3.63) is 29.8 Å². The van der Waals surface area contributed by atoms with Gasteiger partial charge in [0.15, 0.2) is 5.78 Å². The Morgan fingerprint density at radius 2 is 0.800 bits per heavy atom. The third-order valence-corrected chi connectivity index (χ3v) is 3.98. The molecule has 35 heavy (non-hydrogen) atoms. The van der Waals surface area contributed by atoms with E-state index in [0.29, 0.717) is 98.1 Å². The van der Waals surface area contributed by atoms with Gasteiger partial charge in [-0.1, -0.05) is 0 Å². The molecule has 0 aliphatic carbocycles. The lowest BCUT2D eigenvalue weighted by Crippen LogP contribution is -2.14. The molecule has 0 aliphatic heterocycles. The van der Waals surface area contributed by atoms with E-state index < -0.39 is 0 Å². The molecule has 11 heteroatoms. The minimum atomic E-state index is 0.0139. The summed E-state index contributed by atoms with van der Waals surface area (Å²) in [6.07, 6.45) is 0. The molecule has 0 amide bonds. The first-order chi connectivity index (χ1) is 17.1. The van der Waals surface area contributed by atoms with Crippen LogP contribution in [0.3, 0.4) is 0 Å². The Bertz CT molecular complexity index is 547. The summed E-state index contributed by atoms with van der Waals surface area (Å²) in [6.45, 7) is 8.30. The summed E-state index contributed by atoms with van der Waals surface area (Å²) in [6, 6.07) is 6.18. The maximum absolute atomic E-state index is 10.7. The number of aliphatic hydroxyl groups excluding tert-OH is 2. The molecule has 0 spiro atoms. The fourth-order valence-electron chi connectivity index (χ4n) is 2.25. The average Bonchev–Trinajstić information content (AvgIpc) is 2.85. The second-order valence-electron chi connectivity index (χ2n) is 6.84. The third kappa shape index (κ3) is 25.2. The zero-order valence-electron chi connectivity index (χ0n) is 20.7. The van der Waals surface area contributed by atoms with E-state index in [1.165, 1.54) is 19.1 Å². The lowest BCUT2D eigenvalue weighted by atomic mass is 10.1. The SMILES string of the molecule is CC(=O)c1ccc(O)cc1.OCCOCCOCCOCCOCCOCCOCCOCCO. The van der Waals surface area contributed by atoms with Gasteiger partial charge in [-0.2, -0.15) is 0 Å². The maximum Gasteiger partial charge on any atom is 0.159 e. The summed E-state index contributed by atoms with van der Waals surface area (Å²) in [7, 11) is 0. The Balaban J connectivity index is 0.000000952. The predicted molar refractivity (Wildman–Crippen MR) is 128 cm³/mol. The lowest BCUT2D eigenvalue weighted by Gasteiger charge is -2.08. The van der Waals surface area contributed by atoms with Crippen LogP contribution in [0.1, 0.15) is 17.3 Å². The monoisotopic (exact) mass is 506 g/mol. The first kappa shape index (κ1) is 33.3. The largest absolute Gasteiger partial charge is 0.508 e. The van der Waals surface area contributed by atoms with E-state index >= 15 is 0 Å². The summed E-state index contributed by atoms with van der Waals surface area (Å²) in [5.74, 6) is 0.199. The van der Waals surface area contributed by atoms with Gasteiger partial charge in [-0.3, -0.25) is 4.79 Å². The Morgan fingerprint density at radius 1 is 0.543 bits per heavy atom. The molecule has 0 aromatic heterocycles. The molecule has 204 valence electrons. The number of carbonyl (C=O) groups is 1. The van der Waals surface area contributed by atoms with Crippen LogP contribution in [-0.2, 0) is 33.2 Å². The zero-order valence-corrected chi connectivity index (χ0v) is 20.7. The lowest BCUT2D eigenvalue weighted by molar-refractivity contribution is -0.0223. The predicted octanol–water partition coefficient (Wildman–Crippen LogP) is 0.682. The van der Waals surface area contributed by atoms with Gasteiger partial charge < -0.3 is 48.5 Å². The highest BCUT2D eigenvalue weighted by atomic mass is 16.6. The molecule has 0 fully saturated rings. The Hall–Kier alpha value is -1.67. The van der Waals surface area contributed by atoms with Crippen LogP contribution < -0.4 is 0 Å². The molecule has 0 bridgehead atoms. The minimum absolute atomic E-state index is 0.0139. The summed E-state index contributed by atoms with van der Waals surface area (Å²) in [5.41, 5.74) is 0.623. The van der Waals surface area contributed by atoms with Gasteiger partial charge in [0.1, 0.15) is 5.75 Å². The molecule has 3 N–H and O–H groups in total. The number of phenolic OH excluding ortho intramolecular Hbond substituents is 1. The fourth-order valence-corrected chi connectivity index (χ4v) is 2.25. The number of benzene rings is 1. The normalized spacial score (nSPS) is 10.7. The van der Waals surface area contributed by atoms with E-state index in [1.54, 1.807) is 12.1 Å². The molecule has 1 aromatic carbocycles. The van der Waals surface area contributed by atoms with Crippen molar-refractivity contribution >= 4 is 5.78 Å². The quantitative estimate of drug-likeness (QED) is 0.142. The Labute approximate surface area is 207 Å². The second kappa shape index (κ2) is 26.9. The molecule has 0 saturated heterocycles. The van der Waals surface area contributed by atoms with E-state index in [4.69, 9.17) is 48.5 Å². The molecule has 0 heterocycles. The van der Waals surface area contributed by atoms with Crippen molar-refractivity contribution in [2.45, 2.75) is 6.92 Å². The smallest absolute Gasteiger partial charge is 0.159 e. The van der Waals surface area contributed by atoms with Gasteiger partial charge in [0, 0.05) is 5.56 Å². The number of rotatable bonds is 23. The minimum Gasteiger partial charge on any atom is -0.508 e. The van der Waals surface area contributed by atoms with Gasteiger partial charge in [0.25, 0.3) is 0 Å². The van der Waals surface area contributed by atoms with Crippen molar-refractivity contribution in [2.24, 2.45) is 0 Å². The van der Waals surface area contributed by atoms with Crippen LogP contribution in [0.4, 0.5) is 0 Å². The molecule has 0 aliphatic rings. The number of ether oxygens (including phenoxy) is 7. The summed E-state index contributed by atoms with van der Waals surface area (Å²) >= 11 is 0. The average molecular weight is 507 g/mol. The van der Waals surface area contributed by atoms with Crippen molar-refractivity contribution in [2.75, 3.05) is 106 Å². The van der Waals surface area contributed by atoms with Crippen LogP contribution in [0.15, 0.2) is 24.3 Å². The van der Waals surface area contributed by atoms with Crippen LogP contribution in [0.5, 0.6) is 5.75 Å². The second-order valence-corrected chi connectivity index (χ2v) is 6.84. The van der Waals surface area contributed by atoms with Gasteiger partial charge in [-0.05, 0) is 31.2 Å². The number of phenols is 1. The molecular formula is C24H42O11. The highest BCUT2D eigenvalue weighted by Crippen LogP contribution is 2.09. The number of Topliss-reactive ketones (excluding diaryl/α,β-unsaturated/α-hetero) is 1. The number of aromatic hydroxyl groups is 1. The molecule has 1 rings (SSSR count). The first-order valence-electron chi connectivity index (χ1n) is 11.7. The standard InChI is InChI=1S/C16H34O9.C8H8O2/c17-1-3-19-5-7-21-9-11-23-13-15-25-16-14-24-12-10-22-8-6-20-4-2-18;1-6(9)7-2-4-8(10)5-3-7/h17-18H,1-16H2;2-5,10H,1H3. The summed E-state index contributed by atoms with van der Waals surface area (Å²) in [5, 5.41) is 25.8. The van der Waals surface area contributed by atoms with Gasteiger partial charge in [-0.25, -0.2) is 0 Å². The Morgan fingerprint density at radius 3 is 1.03 bits per heavy atom. The van der Waals surface area contributed by atoms with Crippen molar-refractivity contribution in [3.8, 4) is 5.75 Å². The van der Waals surface area contributed by atoms with Crippen molar-refractivity contribution in [1.82, 2.24) is 0 Å². The Kier molecular flexibility index (Phi) is 25.6. The summed E-state index contributed by atoms with van der Waals surface area (Å²) in [4.78, 5) is 10.7. The van der Waals surface area contributed by atoms with Crippen molar-refractivity contribution < 1.29 is 53.3 Å². The van der Waals surface area contributed by atoms with Gasteiger partial charge in [0.05, 0.1) is 106 Å². The summed E-state index contributed by atoms with van der Waals surface area (Å²) < 4.78 is 36.7. The van der Waals surface area contributed by atoms with E-state index in [1.807, 2.05) is 0 Å². The van der Waals surface area contributed by atoms with E-state index in [2.05, 4.69) is 0 Å². The maximum atomic E-state index is 10.7. The van der Waals surface area contributed by atoms with Gasteiger partial charge >= 0.3 is 0 Å². The van der Waals surface area contributed by atoms with Crippen LogP contribution >= 0.6 is 0 Å². The van der Waals surface area contributed by atoms with E-state index in [9.17, 15) is 4.79 Å². The van der Waals surface area contributed by atoms with E-state index in [-0.39, 0.29) is 24.7 Å². The molecule has 0 unspecified atom stereocenters. The van der Waals surface area contributed by atoms with Crippen LogP contribution in [0.2, 0.25) is 0 Å². The number of ketones is 1. The number of hydrogen-bond donors (Lipinski definition) is 3. The van der Waals surface area contributed by atoms with Crippen molar-refractivity contribution in [1.29, 1.82) is 0 Å². The van der Waals surface area contributed by atoms with E-state index in [0.717, 1.165) is 0 Å². The third-order valence-electron chi connectivity index (χ3n) is 3.98. The van der Waals surface area contributed by atoms with Crippen LogP contribution in [0.25, 0.3) is 0 Å². The van der Waals surface area contributed by atoms with Gasteiger partial charge in [-0.15, -0.1) is 0 Å². The molecule has 1 aromatic rings. The highest BCUT2D eigenvalue weighted by Gasteiger charge is 1.96. The molecule has 0 radical (unpaired) electrons. The van der Waals surface area contributed by atoms with Crippen LogP contribution in [-0.4, -0.2) is 127 Å². The molecule has 11 nitrogen and oxygen atoms in total. The van der Waals surface area contributed by atoms with Gasteiger partial charge in [0.2, 0.25) is 0 Å². The zero-order chi connectivity index (χ0) is 25.8. The molecular weight excluding hydrogens is 464 g/mol.